The van der Waals surface area contributed by atoms with Gasteiger partial charge in [0, 0.05) is 6.04 Å². The van der Waals surface area contributed by atoms with Crippen LogP contribution < -0.4 is 4.43 Å². The lowest BCUT2D eigenvalue weighted by Crippen LogP contribution is -2.44. The summed E-state index contributed by atoms with van der Waals surface area (Å²) in [6, 6.07) is 8.26. The Bertz CT molecular complexity index is 531. The summed E-state index contributed by atoms with van der Waals surface area (Å²) in [5.41, 5.74) is 0.152. The van der Waals surface area contributed by atoms with Crippen LogP contribution in [0.1, 0.15) is 46.1 Å². The molecule has 0 aromatic heterocycles. The second kappa shape index (κ2) is 6.23. The van der Waals surface area contributed by atoms with Gasteiger partial charge in [-0.25, -0.2) is 0 Å². The molecule has 2 atom stereocenters. The van der Waals surface area contributed by atoms with Crippen LogP contribution in [0.25, 0.3) is 0 Å². The van der Waals surface area contributed by atoms with Crippen LogP contribution >= 0.6 is 0 Å². The third kappa shape index (κ3) is 3.81. The lowest BCUT2D eigenvalue weighted by molar-refractivity contribution is -0.0153. The fourth-order valence-electron chi connectivity index (χ4n) is 3.12. The van der Waals surface area contributed by atoms with E-state index in [1.165, 1.54) is 0 Å². The van der Waals surface area contributed by atoms with Gasteiger partial charge in [0.25, 0.3) is 0 Å². The van der Waals surface area contributed by atoms with Crippen LogP contribution in [0, 0.1) is 0 Å². The van der Waals surface area contributed by atoms with E-state index in [1.807, 2.05) is 31.2 Å². The number of likely N-dealkylation sites (N-methyl/N-ethyl adjacent to an activating group) is 1. The molecule has 3 nitrogen and oxygen atoms in total. The average Bonchev–Trinajstić information content (AvgIpc) is 2.84. The lowest BCUT2D eigenvalue weighted by atomic mass is 9.87. The molecule has 0 aliphatic carbocycles. The van der Waals surface area contributed by atoms with Gasteiger partial charge in [0.2, 0.25) is 8.32 Å². The van der Waals surface area contributed by atoms with Gasteiger partial charge in [-0.1, -0.05) is 32.9 Å². The molecule has 1 aromatic rings. The van der Waals surface area contributed by atoms with Crippen molar-refractivity contribution in [3.8, 4) is 5.75 Å². The summed E-state index contributed by atoms with van der Waals surface area (Å²) in [6.07, 6.45) is 2.20. The van der Waals surface area contributed by atoms with Gasteiger partial charge >= 0.3 is 0 Å². The summed E-state index contributed by atoms with van der Waals surface area (Å²) in [5.74, 6) is 0.913. The molecular formula is C19H33NO2Si. The highest BCUT2D eigenvalue weighted by Crippen LogP contribution is 2.38. The topological polar surface area (TPSA) is 32.7 Å². The Hall–Kier alpha value is -0.843. The number of rotatable bonds is 4. The second-order valence-electron chi connectivity index (χ2n) is 8.67. The first-order chi connectivity index (χ1) is 10.4. The van der Waals surface area contributed by atoms with Gasteiger partial charge in [-0.05, 0) is 69.2 Å². The highest BCUT2D eigenvalue weighted by atomic mass is 28.4. The van der Waals surface area contributed by atoms with Gasteiger partial charge < -0.3 is 14.4 Å². The molecule has 0 spiro atoms. The Morgan fingerprint density at radius 2 is 1.70 bits per heavy atom. The number of aliphatic hydroxyl groups is 1. The lowest BCUT2D eigenvalue weighted by Gasteiger charge is -2.37. The summed E-state index contributed by atoms with van der Waals surface area (Å²) >= 11 is 0. The van der Waals surface area contributed by atoms with Gasteiger partial charge in [-0.2, -0.15) is 0 Å². The van der Waals surface area contributed by atoms with E-state index in [-0.39, 0.29) is 11.1 Å². The largest absolute Gasteiger partial charge is 0.544 e. The number of hydrogen-bond acceptors (Lipinski definition) is 3. The van der Waals surface area contributed by atoms with E-state index in [2.05, 4.69) is 45.8 Å². The van der Waals surface area contributed by atoms with Gasteiger partial charge in [-0.3, -0.25) is 0 Å². The zero-order valence-electron chi connectivity index (χ0n) is 15.8. The number of nitrogens with zero attached hydrogens (tertiary/aromatic N) is 1. The fourth-order valence-corrected chi connectivity index (χ4v) is 4.15. The van der Waals surface area contributed by atoms with E-state index < -0.39 is 13.9 Å². The summed E-state index contributed by atoms with van der Waals surface area (Å²) in [7, 11) is 0.282. The van der Waals surface area contributed by atoms with Gasteiger partial charge in [0.1, 0.15) is 11.4 Å². The first kappa shape index (κ1) is 18.5. The highest BCUT2D eigenvalue weighted by Gasteiger charge is 2.40. The standard InChI is InChI=1S/C19H33NO2Si/c1-18(2,3)23(6,7)22-16-12-10-15(11-13-16)19(4,21)17-9-8-14-20(17)5/h10-13,17,21H,8-9,14H2,1-7H3/t17-,19?/m1/s1. The second-order valence-corrected chi connectivity index (χ2v) is 13.4. The molecule has 0 amide bonds. The van der Waals surface area contributed by atoms with E-state index in [4.69, 9.17) is 4.43 Å². The molecule has 4 heteroatoms. The van der Waals surface area contributed by atoms with Crippen LogP contribution in [0.5, 0.6) is 5.75 Å². The fraction of sp³-hybridized carbons (Fsp3) is 0.684. The summed E-state index contributed by atoms with van der Waals surface area (Å²) in [5, 5.41) is 11.2. The monoisotopic (exact) mass is 335 g/mol. The van der Waals surface area contributed by atoms with Gasteiger partial charge in [0.15, 0.2) is 0 Å². The molecule has 1 fully saturated rings. The van der Waals surface area contributed by atoms with Crippen LogP contribution in [0.15, 0.2) is 24.3 Å². The molecule has 1 N–H and O–H groups in total. The van der Waals surface area contributed by atoms with Crippen molar-refractivity contribution in [2.75, 3.05) is 13.6 Å². The first-order valence-corrected chi connectivity index (χ1v) is 11.6. The average molecular weight is 336 g/mol. The molecule has 0 radical (unpaired) electrons. The van der Waals surface area contributed by atoms with Crippen LogP contribution in [0.4, 0.5) is 0 Å². The molecule has 1 saturated heterocycles. The minimum atomic E-state index is -1.82. The zero-order valence-corrected chi connectivity index (χ0v) is 16.8. The third-order valence-electron chi connectivity index (χ3n) is 5.79. The Kier molecular flexibility index (Phi) is 5.01. The SMILES string of the molecule is CN1CCC[C@@H]1C(C)(O)c1ccc(O[Si](C)(C)C(C)(C)C)cc1. The molecule has 1 aromatic carbocycles. The summed E-state index contributed by atoms with van der Waals surface area (Å²) in [4.78, 5) is 2.26. The summed E-state index contributed by atoms with van der Waals surface area (Å²) < 4.78 is 6.33. The van der Waals surface area contributed by atoms with Crippen molar-refractivity contribution < 1.29 is 9.53 Å². The Labute approximate surface area is 142 Å². The van der Waals surface area contributed by atoms with Crippen LogP contribution in [0.3, 0.4) is 0 Å². The van der Waals surface area contributed by atoms with Crippen molar-refractivity contribution in [2.24, 2.45) is 0 Å². The molecule has 0 bridgehead atoms. The van der Waals surface area contributed by atoms with Crippen molar-refractivity contribution in [2.45, 2.75) is 70.3 Å². The number of hydrogen-bond donors (Lipinski definition) is 1. The maximum Gasteiger partial charge on any atom is 0.250 e. The smallest absolute Gasteiger partial charge is 0.250 e. The Morgan fingerprint density at radius 1 is 1.13 bits per heavy atom. The highest BCUT2D eigenvalue weighted by molar-refractivity contribution is 6.74. The van der Waals surface area contributed by atoms with E-state index in [0.29, 0.717) is 0 Å². The molecule has 1 heterocycles. The quantitative estimate of drug-likeness (QED) is 0.829. The van der Waals surface area contributed by atoms with Crippen LogP contribution in [-0.2, 0) is 5.60 Å². The predicted octanol–water partition coefficient (Wildman–Crippen LogP) is 4.37. The Morgan fingerprint density at radius 3 is 2.13 bits per heavy atom. The molecule has 0 saturated carbocycles. The predicted molar refractivity (Wildman–Crippen MR) is 99.5 cm³/mol. The van der Waals surface area contributed by atoms with Crippen molar-refractivity contribution in [3.63, 3.8) is 0 Å². The van der Waals surface area contributed by atoms with E-state index >= 15 is 0 Å². The van der Waals surface area contributed by atoms with Crippen LogP contribution in [-0.4, -0.2) is 38.0 Å². The summed E-state index contributed by atoms with van der Waals surface area (Å²) in [6.45, 7) is 14.2. The first-order valence-electron chi connectivity index (χ1n) is 8.67. The molecule has 1 unspecified atom stereocenters. The van der Waals surface area contributed by atoms with E-state index in [9.17, 15) is 5.11 Å². The number of likely N-dealkylation sites (tertiary alicyclic amines) is 1. The minimum absolute atomic E-state index is 0.184. The molecular weight excluding hydrogens is 302 g/mol. The third-order valence-corrected chi connectivity index (χ3v) is 10.1. The Balaban J connectivity index is 2.16. The van der Waals surface area contributed by atoms with Crippen molar-refractivity contribution in [3.05, 3.63) is 29.8 Å². The van der Waals surface area contributed by atoms with E-state index in [0.717, 1.165) is 30.7 Å². The van der Waals surface area contributed by atoms with Crippen molar-refractivity contribution in [1.82, 2.24) is 4.90 Å². The maximum atomic E-state index is 11.0. The minimum Gasteiger partial charge on any atom is -0.544 e. The van der Waals surface area contributed by atoms with Gasteiger partial charge in [-0.15, -0.1) is 0 Å². The van der Waals surface area contributed by atoms with E-state index in [1.54, 1.807) is 0 Å². The maximum absolute atomic E-state index is 11.0. The molecule has 1 aliphatic rings. The molecule has 1 aliphatic heterocycles. The van der Waals surface area contributed by atoms with Crippen molar-refractivity contribution >= 4 is 8.32 Å². The zero-order chi connectivity index (χ0) is 17.5. The molecule has 23 heavy (non-hydrogen) atoms. The molecule has 130 valence electrons. The normalized spacial score (nSPS) is 22.9. The van der Waals surface area contributed by atoms with Crippen LogP contribution in [0.2, 0.25) is 18.1 Å². The van der Waals surface area contributed by atoms with Gasteiger partial charge in [0.05, 0.1) is 0 Å². The molecule has 2 rings (SSSR count). The number of benzene rings is 1. The van der Waals surface area contributed by atoms with Crippen molar-refractivity contribution in [1.29, 1.82) is 0 Å².